The van der Waals surface area contributed by atoms with Gasteiger partial charge in [0.2, 0.25) is 0 Å². The Kier molecular flexibility index (Phi) is 2.65. The average molecular weight is 284 g/mol. The van der Waals surface area contributed by atoms with Crippen molar-refractivity contribution in [2.45, 2.75) is 0 Å². The highest BCUT2D eigenvalue weighted by atomic mass is 79.9. The molecule has 0 aliphatic carbocycles. The number of aromatic nitrogens is 1. The third-order valence-corrected chi connectivity index (χ3v) is 3.46. The Balaban J connectivity index is 2.35. The van der Waals surface area contributed by atoms with Crippen LogP contribution in [-0.2, 0) is 0 Å². The van der Waals surface area contributed by atoms with Gasteiger partial charge in [0.25, 0.3) is 0 Å². The lowest BCUT2D eigenvalue weighted by Crippen LogP contribution is -1.85. The Morgan fingerprint density at radius 3 is 2.18 bits per heavy atom. The second-order valence-corrected chi connectivity index (χ2v) is 4.63. The largest absolute Gasteiger partial charge is 0.248 e. The first-order chi connectivity index (χ1) is 8.36. The SMILES string of the molecule is Brc1ncc(-c2ccccc2)c2ccccc12. The molecule has 2 aromatic carbocycles. The number of hydrogen-bond donors (Lipinski definition) is 0. The van der Waals surface area contributed by atoms with Crippen molar-refractivity contribution in [3.8, 4) is 11.1 Å². The first-order valence-electron chi connectivity index (χ1n) is 5.45. The Morgan fingerprint density at radius 1 is 0.765 bits per heavy atom. The van der Waals surface area contributed by atoms with E-state index in [9.17, 15) is 0 Å². The highest BCUT2D eigenvalue weighted by molar-refractivity contribution is 9.10. The fourth-order valence-corrected chi connectivity index (χ4v) is 2.45. The minimum Gasteiger partial charge on any atom is -0.248 e. The van der Waals surface area contributed by atoms with Crippen LogP contribution in [0.3, 0.4) is 0 Å². The van der Waals surface area contributed by atoms with Crippen molar-refractivity contribution in [1.82, 2.24) is 4.98 Å². The molecule has 0 fully saturated rings. The van der Waals surface area contributed by atoms with Crippen molar-refractivity contribution in [2.24, 2.45) is 0 Å². The Hall–Kier alpha value is -1.67. The third-order valence-electron chi connectivity index (χ3n) is 2.83. The van der Waals surface area contributed by atoms with Crippen LogP contribution in [-0.4, -0.2) is 4.98 Å². The van der Waals surface area contributed by atoms with Gasteiger partial charge in [-0.3, -0.25) is 0 Å². The normalized spacial score (nSPS) is 10.6. The van der Waals surface area contributed by atoms with E-state index in [0.717, 1.165) is 9.99 Å². The lowest BCUT2D eigenvalue weighted by atomic mass is 10.0. The maximum atomic E-state index is 4.40. The van der Waals surface area contributed by atoms with E-state index in [-0.39, 0.29) is 0 Å². The molecule has 1 nitrogen and oxygen atoms in total. The smallest absolute Gasteiger partial charge is 0.113 e. The minimum absolute atomic E-state index is 0.896. The van der Waals surface area contributed by atoms with Crippen molar-refractivity contribution in [3.63, 3.8) is 0 Å². The van der Waals surface area contributed by atoms with Gasteiger partial charge < -0.3 is 0 Å². The fourth-order valence-electron chi connectivity index (χ4n) is 2.01. The summed E-state index contributed by atoms with van der Waals surface area (Å²) in [6.07, 6.45) is 1.92. The summed E-state index contributed by atoms with van der Waals surface area (Å²) in [5, 5.41) is 2.37. The lowest BCUT2D eigenvalue weighted by molar-refractivity contribution is 1.31. The van der Waals surface area contributed by atoms with Crippen LogP contribution in [0.5, 0.6) is 0 Å². The molecule has 1 aromatic heterocycles. The highest BCUT2D eigenvalue weighted by Gasteiger charge is 2.06. The van der Waals surface area contributed by atoms with Gasteiger partial charge in [-0.2, -0.15) is 0 Å². The molecule has 17 heavy (non-hydrogen) atoms. The number of halogens is 1. The van der Waals surface area contributed by atoms with Crippen molar-refractivity contribution in [3.05, 3.63) is 65.4 Å². The molecule has 0 amide bonds. The summed E-state index contributed by atoms with van der Waals surface area (Å²) in [7, 11) is 0. The summed E-state index contributed by atoms with van der Waals surface area (Å²) in [6.45, 7) is 0. The number of rotatable bonds is 1. The van der Waals surface area contributed by atoms with Crippen molar-refractivity contribution < 1.29 is 0 Å². The minimum atomic E-state index is 0.896. The van der Waals surface area contributed by atoms with E-state index in [1.165, 1.54) is 16.5 Å². The first kappa shape index (κ1) is 10.5. The van der Waals surface area contributed by atoms with Gasteiger partial charge in [0, 0.05) is 17.1 Å². The molecule has 3 aromatic rings. The highest BCUT2D eigenvalue weighted by Crippen LogP contribution is 2.31. The molecule has 0 saturated carbocycles. The maximum Gasteiger partial charge on any atom is 0.113 e. The van der Waals surface area contributed by atoms with Gasteiger partial charge in [-0.05, 0) is 26.9 Å². The number of fused-ring (bicyclic) bond motifs is 1. The van der Waals surface area contributed by atoms with Gasteiger partial charge in [-0.25, -0.2) is 4.98 Å². The van der Waals surface area contributed by atoms with Crippen molar-refractivity contribution in [1.29, 1.82) is 0 Å². The van der Waals surface area contributed by atoms with Gasteiger partial charge in [0.15, 0.2) is 0 Å². The number of nitrogens with zero attached hydrogens (tertiary/aromatic N) is 1. The Bertz CT molecular complexity index is 662. The molecule has 82 valence electrons. The Labute approximate surface area is 108 Å². The summed E-state index contributed by atoms with van der Waals surface area (Å²) < 4.78 is 0.896. The molecule has 3 rings (SSSR count). The van der Waals surface area contributed by atoms with Crippen LogP contribution >= 0.6 is 15.9 Å². The van der Waals surface area contributed by atoms with E-state index in [1.807, 2.05) is 30.5 Å². The number of benzene rings is 2. The van der Waals surface area contributed by atoms with Crippen LogP contribution in [0.4, 0.5) is 0 Å². The fraction of sp³-hybridized carbons (Fsp3) is 0. The molecule has 0 aliphatic heterocycles. The van der Waals surface area contributed by atoms with Crippen LogP contribution in [0.25, 0.3) is 21.9 Å². The summed E-state index contributed by atoms with van der Waals surface area (Å²) in [4.78, 5) is 4.40. The summed E-state index contributed by atoms with van der Waals surface area (Å²) in [5.74, 6) is 0. The van der Waals surface area contributed by atoms with Gasteiger partial charge in [-0.15, -0.1) is 0 Å². The molecular weight excluding hydrogens is 274 g/mol. The molecule has 0 spiro atoms. The van der Waals surface area contributed by atoms with Crippen LogP contribution in [0.15, 0.2) is 65.4 Å². The molecule has 0 saturated heterocycles. The molecule has 0 radical (unpaired) electrons. The molecule has 0 aliphatic rings. The van der Waals surface area contributed by atoms with E-state index in [0.29, 0.717) is 0 Å². The van der Waals surface area contributed by atoms with E-state index < -0.39 is 0 Å². The molecule has 0 unspecified atom stereocenters. The monoisotopic (exact) mass is 283 g/mol. The van der Waals surface area contributed by atoms with Crippen LogP contribution in [0, 0.1) is 0 Å². The predicted molar refractivity (Wildman–Crippen MR) is 74.9 cm³/mol. The van der Waals surface area contributed by atoms with E-state index in [1.54, 1.807) is 0 Å². The van der Waals surface area contributed by atoms with Crippen LogP contribution in [0.1, 0.15) is 0 Å². The maximum absolute atomic E-state index is 4.40. The zero-order valence-electron chi connectivity index (χ0n) is 9.10. The Morgan fingerprint density at radius 2 is 1.41 bits per heavy atom. The van der Waals surface area contributed by atoms with E-state index in [4.69, 9.17) is 0 Å². The second-order valence-electron chi connectivity index (χ2n) is 3.87. The third kappa shape index (κ3) is 1.85. The molecule has 0 N–H and O–H groups in total. The summed E-state index contributed by atoms with van der Waals surface area (Å²) in [5.41, 5.74) is 2.37. The molecular formula is C15H10BrN. The standard InChI is InChI=1S/C15H10BrN/c16-15-13-9-5-4-8-12(13)14(10-17-15)11-6-2-1-3-7-11/h1-10H. The van der Waals surface area contributed by atoms with Crippen LogP contribution in [0.2, 0.25) is 0 Å². The summed E-state index contributed by atoms with van der Waals surface area (Å²) in [6, 6.07) is 18.6. The predicted octanol–water partition coefficient (Wildman–Crippen LogP) is 4.66. The molecule has 1 heterocycles. The van der Waals surface area contributed by atoms with E-state index in [2.05, 4.69) is 51.2 Å². The zero-order valence-corrected chi connectivity index (χ0v) is 10.7. The van der Waals surface area contributed by atoms with E-state index >= 15 is 0 Å². The molecule has 2 heteroatoms. The van der Waals surface area contributed by atoms with Gasteiger partial charge in [0.05, 0.1) is 0 Å². The summed E-state index contributed by atoms with van der Waals surface area (Å²) >= 11 is 3.49. The first-order valence-corrected chi connectivity index (χ1v) is 6.24. The number of hydrogen-bond acceptors (Lipinski definition) is 1. The van der Waals surface area contributed by atoms with Crippen LogP contribution < -0.4 is 0 Å². The average Bonchev–Trinajstić information content (AvgIpc) is 2.41. The zero-order chi connectivity index (χ0) is 11.7. The molecule has 0 bridgehead atoms. The van der Waals surface area contributed by atoms with Gasteiger partial charge in [0.1, 0.15) is 4.60 Å². The van der Waals surface area contributed by atoms with Crippen molar-refractivity contribution >= 4 is 26.7 Å². The van der Waals surface area contributed by atoms with Gasteiger partial charge in [-0.1, -0.05) is 54.6 Å². The topological polar surface area (TPSA) is 12.9 Å². The number of pyridine rings is 1. The second kappa shape index (κ2) is 4.30. The molecule has 0 atom stereocenters. The quantitative estimate of drug-likeness (QED) is 0.592. The lowest BCUT2D eigenvalue weighted by Gasteiger charge is -2.07. The van der Waals surface area contributed by atoms with Gasteiger partial charge >= 0.3 is 0 Å². The van der Waals surface area contributed by atoms with Crippen molar-refractivity contribution in [2.75, 3.05) is 0 Å².